The van der Waals surface area contributed by atoms with Gasteiger partial charge in [0, 0.05) is 12.1 Å². The minimum absolute atomic E-state index is 0.437. The molecule has 0 unspecified atom stereocenters. The molecule has 0 saturated carbocycles. The summed E-state index contributed by atoms with van der Waals surface area (Å²) in [6, 6.07) is 5.14. The van der Waals surface area contributed by atoms with Crippen molar-refractivity contribution in [2.45, 2.75) is 6.54 Å². The second kappa shape index (κ2) is 6.63. The maximum absolute atomic E-state index is 6.05. The first kappa shape index (κ1) is 15.4. The average molecular weight is 350 g/mol. The van der Waals surface area contributed by atoms with Crippen molar-refractivity contribution in [3.63, 3.8) is 0 Å². The quantitative estimate of drug-likeness (QED) is 0.826. The summed E-state index contributed by atoms with van der Waals surface area (Å²) in [6.07, 6.45) is 1.59. The van der Waals surface area contributed by atoms with E-state index in [-0.39, 0.29) is 0 Å². The summed E-state index contributed by atoms with van der Waals surface area (Å²) in [6.45, 7) is 0.465. The van der Waals surface area contributed by atoms with Gasteiger partial charge in [-0.2, -0.15) is 5.10 Å². The molecular weight excluding hydrogens is 339 g/mol. The van der Waals surface area contributed by atoms with E-state index in [0.717, 1.165) is 5.69 Å². The highest BCUT2D eigenvalue weighted by molar-refractivity contribution is 7.80. The van der Waals surface area contributed by atoms with Crippen LogP contribution in [0, 0.1) is 0 Å². The van der Waals surface area contributed by atoms with Gasteiger partial charge in [0.05, 0.1) is 34.2 Å². The van der Waals surface area contributed by atoms with Gasteiger partial charge in [0.1, 0.15) is 0 Å². The van der Waals surface area contributed by atoms with Crippen molar-refractivity contribution in [1.29, 1.82) is 0 Å². The number of anilines is 1. The number of thiocarbonyl (C=S) groups is 1. The molecule has 106 valence electrons. The molecule has 1 heterocycles. The van der Waals surface area contributed by atoms with Crippen LogP contribution >= 0.6 is 47.0 Å². The fourth-order valence-corrected chi connectivity index (χ4v) is 2.43. The lowest BCUT2D eigenvalue weighted by Gasteiger charge is -2.12. The van der Waals surface area contributed by atoms with E-state index in [1.54, 1.807) is 29.1 Å². The number of rotatable bonds is 3. The Bertz CT molecular complexity index is 622. The highest BCUT2D eigenvalue weighted by atomic mass is 35.5. The Hall–Kier alpha value is -1.01. The number of aryl methyl sites for hydroxylation is 1. The topological polar surface area (TPSA) is 41.9 Å². The standard InChI is InChI=1S/C12H11Cl3N4S/c1-19-11(9(15)5-17-19)6-16-12(20)18-10-3-2-7(13)4-8(10)14/h2-5H,6H2,1H3,(H2,16,18,20). The van der Waals surface area contributed by atoms with E-state index in [1.807, 2.05) is 7.05 Å². The van der Waals surface area contributed by atoms with E-state index in [2.05, 4.69) is 15.7 Å². The van der Waals surface area contributed by atoms with Crippen molar-refractivity contribution in [3.8, 4) is 0 Å². The van der Waals surface area contributed by atoms with Crippen molar-refractivity contribution in [1.82, 2.24) is 15.1 Å². The molecule has 0 bridgehead atoms. The van der Waals surface area contributed by atoms with Gasteiger partial charge in [-0.15, -0.1) is 0 Å². The number of hydrogen-bond donors (Lipinski definition) is 2. The summed E-state index contributed by atoms with van der Waals surface area (Å²) in [4.78, 5) is 0. The highest BCUT2D eigenvalue weighted by Crippen LogP contribution is 2.25. The van der Waals surface area contributed by atoms with Crippen LogP contribution in [-0.2, 0) is 13.6 Å². The van der Waals surface area contributed by atoms with Crippen LogP contribution < -0.4 is 10.6 Å². The second-order valence-electron chi connectivity index (χ2n) is 3.99. The first-order valence-electron chi connectivity index (χ1n) is 5.63. The monoisotopic (exact) mass is 348 g/mol. The van der Waals surface area contributed by atoms with E-state index in [1.165, 1.54) is 0 Å². The van der Waals surface area contributed by atoms with Crippen LogP contribution in [-0.4, -0.2) is 14.9 Å². The van der Waals surface area contributed by atoms with Gasteiger partial charge in [0.2, 0.25) is 0 Å². The van der Waals surface area contributed by atoms with Crippen molar-refractivity contribution in [2.24, 2.45) is 7.05 Å². The summed E-state index contributed by atoms with van der Waals surface area (Å²) in [5.41, 5.74) is 1.53. The van der Waals surface area contributed by atoms with E-state index < -0.39 is 0 Å². The average Bonchev–Trinajstić information content (AvgIpc) is 2.70. The van der Waals surface area contributed by atoms with Gasteiger partial charge in [0.15, 0.2) is 5.11 Å². The largest absolute Gasteiger partial charge is 0.357 e. The molecule has 0 radical (unpaired) electrons. The van der Waals surface area contributed by atoms with Crippen molar-refractivity contribution in [2.75, 3.05) is 5.32 Å². The van der Waals surface area contributed by atoms with Crippen LogP contribution in [0.4, 0.5) is 5.69 Å². The first-order chi connectivity index (χ1) is 9.47. The van der Waals surface area contributed by atoms with Gasteiger partial charge in [0.25, 0.3) is 0 Å². The van der Waals surface area contributed by atoms with Crippen LogP contribution in [0.5, 0.6) is 0 Å². The normalized spacial score (nSPS) is 10.4. The molecule has 4 nitrogen and oxygen atoms in total. The Balaban J connectivity index is 1.96. The van der Waals surface area contributed by atoms with Gasteiger partial charge in [-0.3, -0.25) is 4.68 Å². The molecule has 0 amide bonds. The minimum atomic E-state index is 0.437. The van der Waals surface area contributed by atoms with Crippen molar-refractivity contribution in [3.05, 3.63) is 45.2 Å². The maximum Gasteiger partial charge on any atom is 0.171 e. The number of nitrogens with zero attached hydrogens (tertiary/aromatic N) is 2. The molecule has 1 aromatic carbocycles. The third-order valence-electron chi connectivity index (χ3n) is 2.61. The number of hydrogen-bond acceptors (Lipinski definition) is 2. The van der Waals surface area contributed by atoms with Gasteiger partial charge in [-0.1, -0.05) is 34.8 Å². The van der Waals surface area contributed by atoms with Gasteiger partial charge in [-0.05, 0) is 30.4 Å². The third kappa shape index (κ3) is 3.76. The molecule has 2 aromatic rings. The lowest BCUT2D eigenvalue weighted by Crippen LogP contribution is -2.28. The minimum Gasteiger partial charge on any atom is -0.357 e. The van der Waals surface area contributed by atoms with Crippen LogP contribution in [0.25, 0.3) is 0 Å². The fourth-order valence-electron chi connectivity index (χ4n) is 1.56. The summed E-state index contributed by atoms with van der Waals surface area (Å²) < 4.78 is 1.69. The predicted octanol–water partition coefficient (Wildman–Crippen LogP) is 3.87. The van der Waals surface area contributed by atoms with Crippen LogP contribution in [0.15, 0.2) is 24.4 Å². The fraction of sp³-hybridized carbons (Fsp3) is 0.167. The summed E-state index contributed by atoms with van der Waals surface area (Å²) in [7, 11) is 1.81. The van der Waals surface area contributed by atoms with Gasteiger partial charge < -0.3 is 10.6 Å². The molecular formula is C12H11Cl3N4S. The second-order valence-corrected chi connectivity index (χ2v) is 5.65. The number of halogens is 3. The Kier molecular flexibility index (Phi) is 5.10. The first-order valence-corrected chi connectivity index (χ1v) is 7.18. The Labute approximate surface area is 137 Å². The Morgan fingerprint density at radius 3 is 2.65 bits per heavy atom. The molecule has 1 aromatic heterocycles. The van der Waals surface area contributed by atoms with Crippen LogP contribution in [0.3, 0.4) is 0 Å². The van der Waals surface area contributed by atoms with E-state index >= 15 is 0 Å². The number of benzene rings is 1. The molecule has 20 heavy (non-hydrogen) atoms. The third-order valence-corrected chi connectivity index (χ3v) is 3.72. The summed E-state index contributed by atoms with van der Waals surface area (Å²) in [5, 5.41) is 12.2. The predicted molar refractivity (Wildman–Crippen MR) is 87.7 cm³/mol. The smallest absolute Gasteiger partial charge is 0.171 e. The molecule has 8 heteroatoms. The zero-order valence-corrected chi connectivity index (χ0v) is 13.5. The molecule has 0 fully saturated rings. The van der Waals surface area contributed by atoms with Crippen molar-refractivity contribution < 1.29 is 0 Å². The molecule has 0 saturated heterocycles. The van der Waals surface area contributed by atoms with Gasteiger partial charge >= 0.3 is 0 Å². The SMILES string of the molecule is Cn1ncc(Cl)c1CNC(=S)Nc1ccc(Cl)cc1Cl. The zero-order chi connectivity index (χ0) is 14.7. The molecule has 0 aliphatic carbocycles. The van der Waals surface area contributed by atoms with Gasteiger partial charge in [-0.25, -0.2) is 0 Å². The Morgan fingerprint density at radius 1 is 1.30 bits per heavy atom. The van der Waals surface area contributed by atoms with Crippen LogP contribution in [0.2, 0.25) is 15.1 Å². The lowest BCUT2D eigenvalue weighted by atomic mass is 10.3. The summed E-state index contributed by atoms with van der Waals surface area (Å²) in [5.74, 6) is 0. The Morgan fingerprint density at radius 2 is 2.05 bits per heavy atom. The highest BCUT2D eigenvalue weighted by Gasteiger charge is 2.08. The van der Waals surface area contributed by atoms with E-state index in [4.69, 9.17) is 47.0 Å². The van der Waals surface area contributed by atoms with E-state index in [9.17, 15) is 0 Å². The molecule has 2 N–H and O–H groups in total. The molecule has 0 aliphatic rings. The van der Waals surface area contributed by atoms with Crippen molar-refractivity contribution >= 4 is 57.8 Å². The molecule has 0 aliphatic heterocycles. The maximum atomic E-state index is 6.05. The molecule has 2 rings (SSSR count). The number of aromatic nitrogens is 2. The molecule has 0 spiro atoms. The van der Waals surface area contributed by atoms with E-state index in [0.29, 0.717) is 32.4 Å². The lowest BCUT2D eigenvalue weighted by molar-refractivity contribution is 0.695. The van der Waals surface area contributed by atoms with Crippen LogP contribution in [0.1, 0.15) is 5.69 Å². The summed E-state index contributed by atoms with van der Waals surface area (Å²) >= 11 is 23.1. The number of nitrogens with one attached hydrogen (secondary N) is 2. The zero-order valence-electron chi connectivity index (χ0n) is 10.5. The molecule has 0 atom stereocenters.